The number of nitrogens with two attached hydrogens (primary N) is 1. The maximum atomic E-state index is 5.78. The quantitative estimate of drug-likeness (QED) is 0.793. The third kappa shape index (κ3) is 2.91. The van der Waals surface area contributed by atoms with Crippen LogP contribution in [0.15, 0.2) is 42.5 Å². The van der Waals surface area contributed by atoms with Gasteiger partial charge in [0.2, 0.25) is 0 Å². The predicted molar refractivity (Wildman–Crippen MR) is 79.9 cm³/mol. The van der Waals surface area contributed by atoms with Gasteiger partial charge >= 0.3 is 0 Å². The summed E-state index contributed by atoms with van der Waals surface area (Å²) in [7, 11) is 0. The second kappa shape index (κ2) is 6.55. The third-order valence-corrected chi connectivity index (χ3v) is 3.68. The smallest absolute Gasteiger partial charge is 0.00714 e. The van der Waals surface area contributed by atoms with Crippen molar-refractivity contribution in [2.75, 3.05) is 6.54 Å². The van der Waals surface area contributed by atoms with Gasteiger partial charge in [0.1, 0.15) is 0 Å². The standard InChI is InChI=1S/C17H23N/c1-2-3-7-15(12-13-18)17-11-6-9-14-8-4-5-10-16(14)17/h4-6,8-11,15H,2-3,7,12-13,18H2,1H3. The summed E-state index contributed by atoms with van der Waals surface area (Å²) >= 11 is 0. The molecule has 0 aliphatic rings. The Kier molecular flexibility index (Phi) is 4.77. The van der Waals surface area contributed by atoms with E-state index in [-0.39, 0.29) is 0 Å². The minimum absolute atomic E-state index is 0.612. The average Bonchev–Trinajstić information content (AvgIpc) is 2.43. The highest BCUT2D eigenvalue weighted by atomic mass is 14.5. The first kappa shape index (κ1) is 13.1. The first-order valence-electron chi connectivity index (χ1n) is 7.04. The van der Waals surface area contributed by atoms with Crippen molar-refractivity contribution in [2.45, 2.75) is 38.5 Å². The van der Waals surface area contributed by atoms with Crippen molar-refractivity contribution >= 4 is 10.8 Å². The molecule has 0 aliphatic heterocycles. The molecule has 0 radical (unpaired) electrons. The molecule has 0 bridgehead atoms. The largest absolute Gasteiger partial charge is 0.330 e. The van der Waals surface area contributed by atoms with Crippen molar-refractivity contribution < 1.29 is 0 Å². The van der Waals surface area contributed by atoms with Crippen LogP contribution in [-0.4, -0.2) is 6.54 Å². The Balaban J connectivity index is 2.36. The molecule has 1 unspecified atom stereocenters. The minimum Gasteiger partial charge on any atom is -0.330 e. The number of hydrogen-bond donors (Lipinski definition) is 1. The summed E-state index contributed by atoms with van der Waals surface area (Å²) in [6.07, 6.45) is 4.88. The first-order valence-corrected chi connectivity index (χ1v) is 7.04. The van der Waals surface area contributed by atoms with Gasteiger partial charge < -0.3 is 5.73 Å². The van der Waals surface area contributed by atoms with Crippen LogP contribution in [0.4, 0.5) is 0 Å². The SMILES string of the molecule is CCCCC(CCN)c1cccc2ccccc12. The van der Waals surface area contributed by atoms with Gasteiger partial charge in [-0.05, 0) is 41.6 Å². The molecule has 2 aromatic rings. The summed E-state index contributed by atoms with van der Waals surface area (Å²) in [6, 6.07) is 15.3. The molecule has 1 heteroatoms. The highest BCUT2D eigenvalue weighted by Crippen LogP contribution is 2.31. The van der Waals surface area contributed by atoms with Gasteiger partial charge in [0.15, 0.2) is 0 Å². The molecule has 0 saturated heterocycles. The lowest BCUT2D eigenvalue weighted by Gasteiger charge is -2.18. The lowest BCUT2D eigenvalue weighted by Crippen LogP contribution is -2.08. The van der Waals surface area contributed by atoms with Gasteiger partial charge in [-0.3, -0.25) is 0 Å². The summed E-state index contributed by atoms with van der Waals surface area (Å²) in [5.41, 5.74) is 7.26. The molecule has 2 N–H and O–H groups in total. The normalized spacial score (nSPS) is 12.8. The Morgan fingerprint density at radius 1 is 1.00 bits per heavy atom. The van der Waals surface area contributed by atoms with Crippen LogP contribution in [0.1, 0.15) is 44.1 Å². The Morgan fingerprint density at radius 2 is 1.78 bits per heavy atom. The molecule has 0 aliphatic carbocycles. The van der Waals surface area contributed by atoms with Gasteiger partial charge in [-0.2, -0.15) is 0 Å². The summed E-state index contributed by atoms with van der Waals surface area (Å²) < 4.78 is 0. The number of unbranched alkanes of at least 4 members (excludes halogenated alkanes) is 1. The highest BCUT2D eigenvalue weighted by Gasteiger charge is 2.12. The van der Waals surface area contributed by atoms with E-state index in [0.717, 1.165) is 13.0 Å². The molecular formula is C17H23N. The van der Waals surface area contributed by atoms with E-state index in [2.05, 4.69) is 49.4 Å². The third-order valence-electron chi connectivity index (χ3n) is 3.68. The van der Waals surface area contributed by atoms with Crippen molar-refractivity contribution in [1.29, 1.82) is 0 Å². The zero-order valence-electron chi connectivity index (χ0n) is 11.2. The van der Waals surface area contributed by atoms with Crippen LogP contribution in [-0.2, 0) is 0 Å². The fraction of sp³-hybridized carbons (Fsp3) is 0.412. The molecule has 0 saturated carbocycles. The second-order valence-corrected chi connectivity index (χ2v) is 4.98. The van der Waals surface area contributed by atoms with Crippen LogP contribution in [0.3, 0.4) is 0 Å². The van der Waals surface area contributed by atoms with Gasteiger partial charge in [-0.1, -0.05) is 62.2 Å². The molecule has 1 atom stereocenters. The summed E-state index contributed by atoms with van der Waals surface area (Å²) in [4.78, 5) is 0. The van der Waals surface area contributed by atoms with Crippen LogP contribution >= 0.6 is 0 Å². The van der Waals surface area contributed by atoms with E-state index in [4.69, 9.17) is 5.73 Å². The summed E-state index contributed by atoms with van der Waals surface area (Å²) in [5.74, 6) is 0.612. The van der Waals surface area contributed by atoms with Crippen LogP contribution in [0.5, 0.6) is 0 Å². The Bertz CT molecular complexity index is 484. The van der Waals surface area contributed by atoms with Gasteiger partial charge in [0.05, 0.1) is 0 Å². The maximum Gasteiger partial charge on any atom is -0.00714 e. The molecule has 0 spiro atoms. The number of benzene rings is 2. The van der Waals surface area contributed by atoms with Crippen LogP contribution in [0, 0.1) is 0 Å². The van der Waals surface area contributed by atoms with Crippen molar-refractivity contribution in [1.82, 2.24) is 0 Å². The first-order chi connectivity index (χ1) is 8.86. The number of rotatable bonds is 6. The van der Waals surface area contributed by atoms with Gasteiger partial charge in [0.25, 0.3) is 0 Å². The molecule has 0 aromatic heterocycles. The Hall–Kier alpha value is -1.34. The monoisotopic (exact) mass is 241 g/mol. The van der Waals surface area contributed by atoms with Crippen molar-refractivity contribution in [3.05, 3.63) is 48.0 Å². The van der Waals surface area contributed by atoms with Gasteiger partial charge in [-0.15, -0.1) is 0 Å². The molecule has 2 aromatic carbocycles. The van der Waals surface area contributed by atoms with Crippen LogP contribution < -0.4 is 5.73 Å². The molecule has 18 heavy (non-hydrogen) atoms. The number of hydrogen-bond acceptors (Lipinski definition) is 1. The zero-order valence-corrected chi connectivity index (χ0v) is 11.2. The van der Waals surface area contributed by atoms with E-state index in [1.54, 1.807) is 0 Å². The molecule has 96 valence electrons. The second-order valence-electron chi connectivity index (χ2n) is 4.98. The zero-order chi connectivity index (χ0) is 12.8. The van der Waals surface area contributed by atoms with E-state index >= 15 is 0 Å². The molecule has 0 fully saturated rings. The average molecular weight is 241 g/mol. The summed E-state index contributed by atoms with van der Waals surface area (Å²) in [6.45, 7) is 3.03. The van der Waals surface area contributed by atoms with Crippen LogP contribution in [0.25, 0.3) is 10.8 Å². The Labute approximate surface area is 110 Å². The van der Waals surface area contributed by atoms with Crippen LogP contribution in [0.2, 0.25) is 0 Å². The van der Waals surface area contributed by atoms with E-state index in [1.807, 2.05) is 0 Å². The van der Waals surface area contributed by atoms with E-state index in [1.165, 1.54) is 35.6 Å². The molecular weight excluding hydrogens is 218 g/mol. The van der Waals surface area contributed by atoms with Gasteiger partial charge in [-0.25, -0.2) is 0 Å². The van der Waals surface area contributed by atoms with E-state index < -0.39 is 0 Å². The predicted octanol–water partition coefficient (Wildman–Crippen LogP) is 4.46. The van der Waals surface area contributed by atoms with Crippen molar-refractivity contribution in [3.63, 3.8) is 0 Å². The highest BCUT2D eigenvalue weighted by molar-refractivity contribution is 5.86. The van der Waals surface area contributed by atoms with Crippen molar-refractivity contribution in [3.8, 4) is 0 Å². The molecule has 2 rings (SSSR count). The van der Waals surface area contributed by atoms with E-state index in [0.29, 0.717) is 5.92 Å². The Morgan fingerprint density at radius 3 is 2.56 bits per heavy atom. The lowest BCUT2D eigenvalue weighted by atomic mass is 9.87. The summed E-state index contributed by atoms with van der Waals surface area (Å²) in [5, 5.41) is 2.74. The molecule has 1 nitrogen and oxygen atoms in total. The van der Waals surface area contributed by atoms with Gasteiger partial charge in [0, 0.05) is 0 Å². The number of fused-ring (bicyclic) bond motifs is 1. The molecule has 0 amide bonds. The van der Waals surface area contributed by atoms with Crippen molar-refractivity contribution in [2.24, 2.45) is 5.73 Å². The molecule has 0 heterocycles. The fourth-order valence-corrected chi connectivity index (χ4v) is 2.71. The maximum absolute atomic E-state index is 5.78. The lowest BCUT2D eigenvalue weighted by molar-refractivity contribution is 0.556. The fourth-order valence-electron chi connectivity index (χ4n) is 2.71. The minimum atomic E-state index is 0.612. The van der Waals surface area contributed by atoms with E-state index in [9.17, 15) is 0 Å². The topological polar surface area (TPSA) is 26.0 Å².